The summed E-state index contributed by atoms with van der Waals surface area (Å²) in [6.45, 7) is 0.893. The van der Waals surface area contributed by atoms with Gasteiger partial charge in [0.1, 0.15) is 17.5 Å². The molecule has 1 fully saturated rings. The van der Waals surface area contributed by atoms with Gasteiger partial charge in [0.25, 0.3) is 0 Å². The number of nitrogens with zero attached hydrogens (tertiary/aromatic N) is 4. The Morgan fingerprint density at radius 3 is 2.89 bits per heavy atom. The summed E-state index contributed by atoms with van der Waals surface area (Å²) in [7, 11) is 0. The molecule has 1 aliphatic heterocycles. The van der Waals surface area contributed by atoms with Gasteiger partial charge >= 0.3 is 11.2 Å². The van der Waals surface area contributed by atoms with Gasteiger partial charge in [0, 0.05) is 24.2 Å². The largest absolute Gasteiger partial charge is 0.488 e. The average molecular weight is 387 g/mol. The van der Waals surface area contributed by atoms with E-state index in [1.165, 1.54) is 10.6 Å². The SMILES string of the molecule is O=c1c([N+](=O)[O-])c(N2CCC(Oc3cccc(Cl)c3)C2)nc2ccccn12. The molecule has 8 nitrogen and oxygen atoms in total. The van der Waals surface area contributed by atoms with E-state index in [0.717, 1.165) is 0 Å². The minimum atomic E-state index is -0.695. The molecule has 9 heteroatoms. The number of ether oxygens (including phenoxy) is 1. The molecule has 1 aromatic carbocycles. The van der Waals surface area contributed by atoms with Crippen LogP contribution in [-0.2, 0) is 0 Å². The molecule has 0 amide bonds. The van der Waals surface area contributed by atoms with Crippen LogP contribution < -0.4 is 15.2 Å². The van der Waals surface area contributed by atoms with Gasteiger partial charge in [-0.05, 0) is 30.3 Å². The molecule has 0 saturated carbocycles. The highest BCUT2D eigenvalue weighted by Gasteiger charge is 2.33. The molecular formula is C18H15ClN4O4. The normalized spacial score (nSPS) is 16.6. The molecule has 1 aliphatic rings. The van der Waals surface area contributed by atoms with Gasteiger partial charge in [0.15, 0.2) is 0 Å². The summed E-state index contributed by atoms with van der Waals surface area (Å²) < 4.78 is 7.10. The van der Waals surface area contributed by atoms with Gasteiger partial charge in [-0.25, -0.2) is 4.98 Å². The van der Waals surface area contributed by atoms with Crippen LogP contribution in [0, 0.1) is 10.1 Å². The van der Waals surface area contributed by atoms with E-state index < -0.39 is 16.2 Å². The molecule has 0 aliphatic carbocycles. The van der Waals surface area contributed by atoms with Crippen molar-refractivity contribution in [2.75, 3.05) is 18.0 Å². The molecule has 27 heavy (non-hydrogen) atoms. The lowest BCUT2D eigenvalue weighted by molar-refractivity contribution is -0.385. The lowest BCUT2D eigenvalue weighted by Gasteiger charge is -2.18. The Bertz CT molecular complexity index is 1080. The topological polar surface area (TPSA) is 90.0 Å². The lowest BCUT2D eigenvalue weighted by atomic mass is 10.3. The van der Waals surface area contributed by atoms with Crippen LogP contribution in [0.2, 0.25) is 5.02 Å². The Morgan fingerprint density at radius 1 is 1.26 bits per heavy atom. The number of anilines is 1. The molecule has 0 bridgehead atoms. The predicted octanol–water partition coefficient (Wildman–Crippen LogP) is 2.91. The number of aromatic nitrogens is 2. The monoisotopic (exact) mass is 386 g/mol. The number of hydrogen-bond acceptors (Lipinski definition) is 6. The van der Waals surface area contributed by atoms with E-state index in [-0.39, 0.29) is 11.9 Å². The van der Waals surface area contributed by atoms with Crippen molar-refractivity contribution in [3.05, 3.63) is 74.2 Å². The third-order valence-corrected chi connectivity index (χ3v) is 4.65. The first-order valence-corrected chi connectivity index (χ1v) is 8.73. The van der Waals surface area contributed by atoms with Gasteiger partial charge in [-0.2, -0.15) is 0 Å². The summed E-state index contributed by atoms with van der Waals surface area (Å²) in [5.41, 5.74) is -0.857. The van der Waals surface area contributed by atoms with Gasteiger partial charge in [0.05, 0.1) is 11.5 Å². The molecule has 4 rings (SSSR count). The highest BCUT2D eigenvalue weighted by atomic mass is 35.5. The Balaban J connectivity index is 1.66. The maximum atomic E-state index is 12.6. The van der Waals surface area contributed by atoms with Crippen molar-refractivity contribution in [2.45, 2.75) is 12.5 Å². The summed E-state index contributed by atoms with van der Waals surface area (Å²) in [5.74, 6) is 0.712. The fourth-order valence-electron chi connectivity index (χ4n) is 3.20. The molecule has 1 unspecified atom stereocenters. The number of pyridine rings is 1. The highest BCUT2D eigenvalue weighted by molar-refractivity contribution is 6.30. The van der Waals surface area contributed by atoms with Gasteiger partial charge in [-0.3, -0.25) is 19.3 Å². The number of halogens is 1. The van der Waals surface area contributed by atoms with Gasteiger partial charge in [-0.1, -0.05) is 23.7 Å². The first-order valence-electron chi connectivity index (χ1n) is 8.36. The van der Waals surface area contributed by atoms with Crippen LogP contribution in [0.5, 0.6) is 5.75 Å². The predicted molar refractivity (Wildman–Crippen MR) is 101 cm³/mol. The van der Waals surface area contributed by atoms with Crippen LogP contribution in [-0.4, -0.2) is 33.5 Å². The van der Waals surface area contributed by atoms with E-state index >= 15 is 0 Å². The molecule has 138 valence electrons. The van der Waals surface area contributed by atoms with Crippen molar-refractivity contribution < 1.29 is 9.66 Å². The minimum Gasteiger partial charge on any atom is -0.488 e. The molecule has 0 radical (unpaired) electrons. The molecule has 3 aromatic rings. The second kappa shape index (κ2) is 6.88. The fourth-order valence-corrected chi connectivity index (χ4v) is 3.38. The standard InChI is InChI=1S/C18H15ClN4O4/c19-12-4-3-5-13(10-12)27-14-7-9-21(11-14)17-16(23(25)26)18(24)22-8-2-1-6-15(22)20-17/h1-6,8,10,14H,7,9,11H2. The first kappa shape index (κ1) is 17.3. The molecule has 3 heterocycles. The number of nitro groups is 1. The van der Waals surface area contributed by atoms with Crippen LogP contribution >= 0.6 is 11.6 Å². The van der Waals surface area contributed by atoms with E-state index in [4.69, 9.17) is 16.3 Å². The van der Waals surface area contributed by atoms with E-state index in [0.29, 0.717) is 35.9 Å². The summed E-state index contributed by atoms with van der Waals surface area (Å²) in [6, 6.07) is 12.1. The fraction of sp³-hybridized carbons (Fsp3) is 0.222. The Morgan fingerprint density at radius 2 is 2.11 bits per heavy atom. The van der Waals surface area contributed by atoms with E-state index in [1.54, 1.807) is 47.4 Å². The highest BCUT2D eigenvalue weighted by Crippen LogP contribution is 2.28. The lowest BCUT2D eigenvalue weighted by Crippen LogP contribution is -2.29. The van der Waals surface area contributed by atoms with Crippen molar-refractivity contribution in [1.29, 1.82) is 0 Å². The number of fused-ring (bicyclic) bond motifs is 1. The second-order valence-corrected chi connectivity index (χ2v) is 6.64. The number of benzene rings is 1. The van der Waals surface area contributed by atoms with Crippen LogP contribution in [0.3, 0.4) is 0 Å². The summed E-state index contributed by atoms with van der Waals surface area (Å²) in [4.78, 5) is 29.5. The zero-order valence-electron chi connectivity index (χ0n) is 14.1. The van der Waals surface area contributed by atoms with Gasteiger partial charge in [0.2, 0.25) is 5.82 Å². The van der Waals surface area contributed by atoms with E-state index in [2.05, 4.69) is 4.98 Å². The number of rotatable bonds is 4. The maximum Gasteiger partial charge on any atom is 0.376 e. The molecule has 2 aromatic heterocycles. The average Bonchev–Trinajstić information content (AvgIpc) is 3.09. The summed E-state index contributed by atoms with van der Waals surface area (Å²) in [6.07, 6.45) is 1.94. The second-order valence-electron chi connectivity index (χ2n) is 6.21. The van der Waals surface area contributed by atoms with Crippen LogP contribution in [0.25, 0.3) is 5.65 Å². The van der Waals surface area contributed by atoms with Crippen LogP contribution in [0.1, 0.15) is 6.42 Å². The third kappa shape index (κ3) is 3.31. The molecule has 1 saturated heterocycles. The summed E-state index contributed by atoms with van der Waals surface area (Å²) in [5, 5.41) is 12.1. The van der Waals surface area contributed by atoms with Crippen molar-refractivity contribution in [3.8, 4) is 5.75 Å². The minimum absolute atomic E-state index is 0.0772. The van der Waals surface area contributed by atoms with Crippen molar-refractivity contribution in [2.24, 2.45) is 0 Å². The maximum absolute atomic E-state index is 12.6. The van der Waals surface area contributed by atoms with Gasteiger partial charge in [-0.15, -0.1) is 0 Å². The smallest absolute Gasteiger partial charge is 0.376 e. The Kier molecular flexibility index (Phi) is 4.41. The first-order chi connectivity index (χ1) is 13.0. The zero-order chi connectivity index (χ0) is 19.0. The van der Waals surface area contributed by atoms with E-state index in [9.17, 15) is 14.9 Å². The van der Waals surface area contributed by atoms with E-state index in [1.807, 2.05) is 0 Å². The molecule has 0 N–H and O–H groups in total. The molecule has 1 atom stereocenters. The van der Waals surface area contributed by atoms with Gasteiger partial charge < -0.3 is 9.64 Å². The molecular weight excluding hydrogens is 372 g/mol. The quantitative estimate of drug-likeness (QED) is 0.506. The van der Waals surface area contributed by atoms with Crippen LogP contribution in [0.15, 0.2) is 53.5 Å². The van der Waals surface area contributed by atoms with Crippen molar-refractivity contribution >= 4 is 28.8 Å². The van der Waals surface area contributed by atoms with Crippen molar-refractivity contribution in [3.63, 3.8) is 0 Å². The summed E-state index contributed by atoms with van der Waals surface area (Å²) >= 11 is 5.97. The Hall–Kier alpha value is -3.13. The van der Waals surface area contributed by atoms with Crippen LogP contribution in [0.4, 0.5) is 11.5 Å². The number of hydrogen-bond donors (Lipinski definition) is 0. The zero-order valence-corrected chi connectivity index (χ0v) is 14.9. The molecule has 0 spiro atoms. The van der Waals surface area contributed by atoms with Crippen molar-refractivity contribution in [1.82, 2.24) is 9.38 Å². The third-order valence-electron chi connectivity index (χ3n) is 4.42. The Labute approximate surface area is 158 Å².